The number of amides is 1. The van der Waals surface area contributed by atoms with Crippen LogP contribution in [0.1, 0.15) is 31.0 Å². The molecule has 5 rings (SSSR count). The topological polar surface area (TPSA) is 153 Å². The van der Waals surface area contributed by atoms with E-state index >= 15 is 0 Å². The molecule has 0 saturated carbocycles. The van der Waals surface area contributed by atoms with Gasteiger partial charge in [0, 0.05) is 24.8 Å². The minimum Gasteiger partial charge on any atom is -0.491 e. The molecule has 0 bridgehead atoms. The molecule has 1 aliphatic heterocycles. The van der Waals surface area contributed by atoms with Gasteiger partial charge >= 0.3 is 5.97 Å². The highest BCUT2D eigenvalue weighted by molar-refractivity contribution is 6.64. The van der Waals surface area contributed by atoms with Gasteiger partial charge in [-0.1, -0.05) is 6.07 Å². The van der Waals surface area contributed by atoms with Crippen molar-refractivity contribution in [1.82, 2.24) is 19.9 Å². The van der Waals surface area contributed by atoms with Crippen LogP contribution in [0.4, 0.5) is 11.5 Å². The van der Waals surface area contributed by atoms with E-state index in [4.69, 9.17) is 21.1 Å². The molecule has 2 aromatic heterocycles. The lowest BCUT2D eigenvalue weighted by atomic mass is 10.1. The molecule has 2 N–H and O–H groups in total. The lowest BCUT2D eigenvalue weighted by Crippen LogP contribution is -2.40. The molecular weight excluding hydrogens is 602 g/mol. The van der Waals surface area contributed by atoms with Crippen LogP contribution in [0.15, 0.2) is 61.1 Å². The number of pyridine rings is 1. The van der Waals surface area contributed by atoms with Gasteiger partial charge in [0.25, 0.3) is 5.24 Å². The van der Waals surface area contributed by atoms with Crippen molar-refractivity contribution >= 4 is 51.1 Å². The molecule has 1 aliphatic rings. The quantitative estimate of drug-likeness (QED) is 0.181. The van der Waals surface area contributed by atoms with Crippen molar-refractivity contribution in [2.45, 2.75) is 39.7 Å². The number of halogens is 1. The number of hydrogen-bond acceptors (Lipinski definition) is 11. The Morgan fingerprint density at radius 1 is 1.07 bits per heavy atom. The second kappa shape index (κ2) is 15.8. The molecule has 0 radical (unpaired) electrons. The maximum absolute atomic E-state index is 12.1. The van der Waals surface area contributed by atoms with Crippen molar-refractivity contribution in [3.63, 3.8) is 0 Å². The Bertz CT molecular complexity index is 1630. The highest BCUT2D eigenvalue weighted by Gasteiger charge is 2.29. The zero-order chi connectivity index (χ0) is 32.3. The Morgan fingerprint density at radius 3 is 2.56 bits per heavy atom. The summed E-state index contributed by atoms with van der Waals surface area (Å²) in [6, 6.07) is 15.2. The van der Waals surface area contributed by atoms with Crippen molar-refractivity contribution in [3.05, 3.63) is 72.3 Å². The van der Waals surface area contributed by atoms with Crippen molar-refractivity contribution < 1.29 is 33.7 Å². The Labute approximate surface area is 265 Å². The number of fused-ring (bicyclic) bond motifs is 1. The fraction of sp³-hybridized carbons (Fsp3) is 0.312. The number of rotatable bonds is 10. The maximum atomic E-state index is 12.1. The van der Waals surface area contributed by atoms with Crippen LogP contribution in [0, 0.1) is 13.8 Å². The molecule has 1 atom stereocenters. The van der Waals surface area contributed by atoms with Gasteiger partial charge in [-0.05, 0) is 86.3 Å². The number of anilines is 2. The summed E-state index contributed by atoms with van der Waals surface area (Å²) in [4.78, 5) is 46.7. The lowest BCUT2D eigenvalue weighted by Gasteiger charge is -2.24. The summed E-state index contributed by atoms with van der Waals surface area (Å²) in [6.45, 7) is 5.27. The van der Waals surface area contributed by atoms with E-state index < -0.39 is 17.8 Å². The molecule has 1 saturated heterocycles. The molecule has 13 heteroatoms. The van der Waals surface area contributed by atoms with Crippen molar-refractivity contribution in [3.8, 4) is 17.2 Å². The fourth-order valence-electron chi connectivity index (χ4n) is 4.69. The number of hydrogen-bond donors (Lipinski definition) is 2. The molecule has 2 aromatic carbocycles. The molecule has 12 nitrogen and oxygen atoms in total. The van der Waals surface area contributed by atoms with E-state index in [9.17, 15) is 19.5 Å². The number of carbonyl (C=O) groups is 3. The van der Waals surface area contributed by atoms with Gasteiger partial charge in [-0.25, -0.2) is 9.97 Å². The molecule has 0 unspecified atom stereocenters. The first-order valence-electron chi connectivity index (χ1n) is 14.2. The maximum Gasteiger partial charge on any atom is 0.303 e. The number of ether oxygens (including phenoxy) is 3. The van der Waals surface area contributed by atoms with Crippen LogP contribution in [0.2, 0.25) is 0 Å². The molecular formula is C32H34ClN5O7. The number of aryl methyl sites for hydroxylation is 2. The van der Waals surface area contributed by atoms with Gasteiger partial charge in [0.1, 0.15) is 42.6 Å². The number of aromatic nitrogens is 3. The summed E-state index contributed by atoms with van der Waals surface area (Å²) in [5.74, 6) is 1.90. The van der Waals surface area contributed by atoms with E-state index in [-0.39, 0.29) is 18.6 Å². The number of nitrogens with one attached hydrogen (secondary N) is 1. The fourth-order valence-corrected chi connectivity index (χ4v) is 4.74. The minimum atomic E-state index is -0.666. The van der Waals surface area contributed by atoms with Gasteiger partial charge in [0.2, 0.25) is 5.91 Å². The predicted octanol–water partition coefficient (Wildman–Crippen LogP) is 4.85. The van der Waals surface area contributed by atoms with Gasteiger partial charge in [0.15, 0.2) is 6.61 Å². The van der Waals surface area contributed by atoms with Crippen molar-refractivity contribution in [2.75, 3.05) is 31.7 Å². The summed E-state index contributed by atoms with van der Waals surface area (Å²) in [5, 5.41) is 12.8. The van der Waals surface area contributed by atoms with Gasteiger partial charge < -0.3 is 29.5 Å². The summed E-state index contributed by atoms with van der Waals surface area (Å²) in [7, 11) is 0. The Hall–Kier alpha value is -4.81. The van der Waals surface area contributed by atoms with Gasteiger partial charge in [-0.15, -0.1) is 0 Å². The predicted molar refractivity (Wildman–Crippen MR) is 168 cm³/mol. The monoisotopic (exact) mass is 635 g/mol. The summed E-state index contributed by atoms with van der Waals surface area (Å²) < 4.78 is 16.4. The number of likely N-dealkylation sites (tertiary alicyclic amines) is 1. The molecule has 236 valence electrons. The first-order valence-corrected chi connectivity index (χ1v) is 14.6. The van der Waals surface area contributed by atoms with E-state index in [2.05, 4.69) is 25.0 Å². The average Bonchev–Trinajstić information content (AvgIpc) is 3.50. The van der Waals surface area contributed by atoms with Crippen LogP contribution < -0.4 is 14.8 Å². The number of carbonyl (C=O) groups excluding carboxylic acids is 3. The van der Waals surface area contributed by atoms with Crippen LogP contribution in [0.5, 0.6) is 17.2 Å². The smallest absolute Gasteiger partial charge is 0.303 e. The number of benzene rings is 2. The molecule has 0 aliphatic carbocycles. The van der Waals surface area contributed by atoms with Crippen LogP contribution in [0.3, 0.4) is 0 Å². The summed E-state index contributed by atoms with van der Waals surface area (Å²) >= 11 is 4.81. The van der Waals surface area contributed by atoms with Gasteiger partial charge in [0.05, 0.1) is 23.1 Å². The molecule has 4 aromatic rings. The highest BCUT2D eigenvalue weighted by Crippen LogP contribution is 2.34. The van der Waals surface area contributed by atoms with Crippen LogP contribution in [0.25, 0.3) is 10.9 Å². The van der Waals surface area contributed by atoms with Crippen molar-refractivity contribution in [1.29, 1.82) is 0 Å². The third kappa shape index (κ3) is 9.34. The number of aliphatic hydroxyl groups is 1. The Balaban J connectivity index is 0.000000510. The standard InChI is InChI=1S/C28H29N5O4.C4H5ClO3/c1-18-13-20(9-11-24(18)37-22-10-8-19(2)29-14-22)32-28-27-23(30-17-31-28)6-3-7-25(27)36-16-21-5-4-12-33(21)26(35)15-34;1-3(6)8-2-4(5)7/h3,6-11,13-14,17,21,34H,4-5,12,15-16H2,1-2H3,(H,30,31,32);2H2,1H3/t21-;/m1./s1. The first-order chi connectivity index (χ1) is 21.6. The van der Waals surface area contributed by atoms with E-state index in [0.29, 0.717) is 30.5 Å². The van der Waals surface area contributed by atoms with Crippen molar-refractivity contribution in [2.24, 2.45) is 0 Å². The first kappa shape index (κ1) is 33.1. The highest BCUT2D eigenvalue weighted by atomic mass is 35.5. The second-order valence-electron chi connectivity index (χ2n) is 10.2. The third-order valence-corrected chi connectivity index (χ3v) is 6.94. The third-order valence-electron chi connectivity index (χ3n) is 6.83. The summed E-state index contributed by atoms with van der Waals surface area (Å²) in [5.41, 5.74) is 3.48. The molecule has 45 heavy (non-hydrogen) atoms. The largest absolute Gasteiger partial charge is 0.491 e. The number of aliphatic hydroxyl groups excluding tert-OH is 1. The average molecular weight is 636 g/mol. The van der Waals surface area contributed by atoms with Crippen LogP contribution in [-0.2, 0) is 19.1 Å². The minimum absolute atomic E-state index is 0.0742. The Kier molecular flexibility index (Phi) is 11.6. The SMILES string of the molecule is CC(=O)OCC(=O)Cl.Cc1ccc(Oc2ccc(Nc3ncnc4cccc(OC[C@H]5CCCN5C(=O)CO)c34)cc2C)cn1. The Morgan fingerprint density at radius 2 is 1.89 bits per heavy atom. The molecule has 1 fully saturated rings. The lowest BCUT2D eigenvalue weighted by molar-refractivity contribution is -0.143. The van der Waals surface area contributed by atoms with Gasteiger partial charge in [-0.2, -0.15) is 0 Å². The van der Waals surface area contributed by atoms with E-state index in [1.165, 1.54) is 13.3 Å². The molecule has 3 heterocycles. The zero-order valence-electron chi connectivity index (χ0n) is 25.2. The normalized spacial score (nSPS) is 13.9. The van der Waals surface area contributed by atoms with Crippen LogP contribution >= 0.6 is 11.6 Å². The van der Waals surface area contributed by atoms with E-state index in [0.717, 1.165) is 46.4 Å². The zero-order valence-corrected chi connectivity index (χ0v) is 25.9. The number of nitrogens with zero attached hydrogens (tertiary/aromatic N) is 4. The summed E-state index contributed by atoms with van der Waals surface area (Å²) in [6.07, 6.45) is 4.96. The number of esters is 1. The second-order valence-corrected chi connectivity index (χ2v) is 10.6. The molecule has 0 spiro atoms. The van der Waals surface area contributed by atoms with Crippen LogP contribution in [-0.4, -0.2) is 74.5 Å². The molecule has 1 amide bonds. The van der Waals surface area contributed by atoms with Gasteiger partial charge in [-0.3, -0.25) is 19.4 Å². The van der Waals surface area contributed by atoms with E-state index in [1.807, 2.05) is 62.4 Å². The van der Waals surface area contributed by atoms with E-state index in [1.54, 1.807) is 11.1 Å².